The third-order valence-electron chi connectivity index (χ3n) is 3.27. The fraction of sp³-hybridized carbons (Fsp3) is 0.500. The molecule has 0 aliphatic heterocycles. The molecule has 0 amide bonds. The summed E-state index contributed by atoms with van der Waals surface area (Å²) in [7, 11) is -5.37. The minimum atomic E-state index is -5.37. The molecule has 0 radical (unpaired) electrons. The third kappa shape index (κ3) is 2.90. The van der Waals surface area contributed by atoms with Crippen molar-refractivity contribution >= 4 is 15.5 Å². The average molecular weight is 309 g/mol. The molecule has 0 bridgehead atoms. The second-order valence-electron chi connectivity index (χ2n) is 4.82. The van der Waals surface area contributed by atoms with E-state index in [-0.39, 0.29) is 17.7 Å². The van der Waals surface area contributed by atoms with E-state index in [1.54, 1.807) is 0 Å². The number of hydrogen-bond acceptors (Lipinski definition) is 4. The van der Waals surface area contributed by atoms with Crippen LogP contribution in [0.4, 0.5) is 18.9 Å². The lowest BCUT2D eigenvalue weighted by atomic mass is 9.82. The number of alkyl halides is 3. The molecule has 8 heteroatoms. The van der Waals surface area contributed by atoms with Gasteiger partial charge in [-0.25, -0.2) is 8.42 Å². The highest BCUT2D eigenvalue weighted by Crippen LogP contribution is 2.35. The van der Waals surface area contributed by atoms with Crippen LogP contribution in [0.2, 0.25) is 0 Å². The number of rotatable bonds is 4. The molecular formula is C12H14F3NO3S. The second kappa shape index (κ2) is 5.25. The van der Waals surface area contributed by atoms with Gasteiger partial charge in [-0.15, -0.1) is 0 Å². The molecular weight excluding hydrogens is 295 g/mol. The molecule has 1 saturated carbocycles. The van der Waals surface area contributed by atoms with Crippen molar-refractivity contribution in [1.82, 2.24) is 0 Å². The summed E-state index contributed by atoms with van der Waals surface area (Å²) in [5.74, 6) is 0.145. The van der Waals surface area contributed by atoms with Gasteiger partial charge in [0.1, 0.15) is 0 Å². The van der Waals surface area contributed by atoms with E-state index in [1.165, 1.54) is 18.2 Å². The normalized spacial score (nSPS) is 23.2. The van der Waals surface area contributed by atoms with Crippen LogP contribution in [0.15, 0.2) is 29.2 Å². The summed E-state index contributed by atoms with van der Waals surface area (Å²) in [5, 5.41) is 11.9. The molecule has 0 atom stereocenters. The van der Waals surface area contributed by atoms with Crippen LogP contribution in [0.3, 0.4) is 0 Å². The van der Waals surface area contributed by atoms with Gasteiger partial charge in [0.05, 0.1) is 16.7 Å². The van der Waals surface area contributed by atoms with E-state index in [4.69, 9.17) is 5.11 Å². The van der Waals surface area contributed by atoms with Crippen molar-refractivity contribution in [3.05, 3.63) is 24.3 Å². The lowest BCUT2D eigenvalue weighted by molar-refractivity contribution is -0.0435. The zero-order chi connectivity index (χ0) is 15.0. The Morgan fingerprint density at radius 2 is 1.85 bits per heavy atom. The van der Waals surface area contributed by atoms with E-state index < -0.39 is 20.2 Å². The van der Waals surface area contributed by atoms with Gasteiger partial charge in [-0.2, -0.15) is 13.2 Å². The maximum absolute atomic E-state index is 12.6. The van der Waals surface area contributed by atoms with Crippen LogP contribution in [0.1, 0.15) is 12.8 Å². The molecule has 112 valence electrons. The first-order valence-corrected chi connectivity index (χ1v) is 7.52. The van der Waals surface area contributed by atoms with E-state index in [1.807, 2.05) is 0 Å². The van der Waals surface area contributed by atoms with Gasteiger partial charge >= 0.3 is 5.51 Å². The highest BCUT2D eigenvalue weighted by Gasteiger charge is 2.47. The molecule has 1 aliphatic carbocycles. The Bertz CT molecular complexity index is 580. The van der Waals surface area contributed by atoms with Crippen molar-refractivity contribution in [3.63, 3.8) is 0 Å². The Hall–Kier alpha value is -1.28. The maximum Gasteiger partial charge on any atom is 0.501 e. The van der Waals surface area contributed by atoms with Crippen molar-refractivity contribution in [2.45, 2.75) is 29.3 Å². The van der Waals surface area contributed by atoms with E-state index >= 15 is 0 Å². The second-order valence-corrected chi connectivity index (χ2v) is 6.73. The molecule has 0 unspecified atom stereocenters. The molecule has 1 aliphatic rings. The number of anilines is 1. The zero-order valence-electron chi connectivity index (χ0n) is 10.4. The summed E-state index contributed by atoms with van der Waals surface area (Å²) in [6.07, 6.45) is 0.776. The van der Waals surface area contributed by atoms with Crippen molar-refractivity contribution in [3.8, 4) is 0 Å². The molecule has 0 aromatic heterocycles. The highest BCUT2D eigenvalue weighted by atomic mass is 32.2. The molecule has 4 nitrogen and oxygen atoms in total. The molecule has 1 fully saturated rings. The van der Waals surface area contributed by atoms with Crippen molar-refractivity contribution < 1.29 is 26.7 Å². The predicted molar refractivity (Wildman–Crippen MR) is 66.9 cm³/mol. The van der Waals surface area contributed by atoms with Gasteiger partial charge in [0.15, 0.2) is 0 Å². The first kappa shape index (κ1) is 15.1. The number of hydrogen-bond donors (Lipinski definition) is 2. The largest absolute Gasteiger partial charge is 0.501 e. The first-order valence-electron chi connectivity index (χ1n) is 6.04. The molecule has 1 aromatic carbocycles. The summed E-state index contributed by atoms with van der Waals surface area (Å²) in [4.78, 5) is -0.771. The van der Waals surface area contributed by atoms with Crippen molar-refractivity contribution in [2.75, 3.05) is 11.9 Å². The van der Waals surface area contributed by atoms with Crippen LogP contribution >= 0.6 is 0 Å². The molecule has 1 aromatic rings. The summed E-state index contributed by atoms with van der Waals surface area (Å²) in [6, 6.07) is 4.94. The predicted octanol–water partition coefficient (Wildman–Crippen LogP) is 2.16. The van der Waals surface area contributed by atoms with Crippen LogP contribution in [0.25, 0.3) is 0 Å². The topological polar surface area (TPSA) is 66.4 Å². The maximum atomic E-state index is 12.6. The molecule has 2 N–H and O–H groups in total. The van der Waals surface area contributed by atoms with Crippen LogP contribution in [-0.2, 0) is 9.84 Å². The molecule has 20 heavy (non-hydrogen) atoms. The SMILES string of the molecule is O=S(=O)(c1ccccc1NCC1CC(O)C1)C(F)(F)F. The summed E-state index contributed by atoms with van der Waals surface area (Å²) in [5.41, 5.74) is -5.39. The van der Waals surface area contributed by atoms with Crippen LogP contribution in [-0.4, -0.2) is 31.7 Å². The number of nitrogens with one attached hydrogen (secondary N) is 1. The van der Waals surface area contributed by atoms with Gasteiger partial charge in [0.2, 0.25) is 0 Å². The van der Waals surface area contributed by atoms with Gasteiger partial charge in [-0.05, 0) is 30.9 Å². The fourth-order valence-electron chi connectivity index (χ4n) is 2.09. The zero-order valence-corrected chi connectivity index (χ0v) is 11.2. The standard InChI is InChI=1S/C12H14F3NO3S/c13-12(14,15)20(18,19)11-4-2-1-3-10(11)16-7-8-5-9(17)6-8/h1-4,8-9,16-17H,5-7H2. The van der Waals surface area contributed by atoms with E-state index in [2.05, 4.69) is 5.32 Å². The Balaban J connectivity index is 2.18. The number of aliphatic hydroxyl groups excluding tert-OH is 1. The lowest BCUT2D eigenvalue weighted by Gasteiger charge is -2.31. The minimum absolute atomic E-state index is 0.0637. The Kier molecular flexibility index (Phi) is 3.97. The van der Waals surface area contributed by atoms with Gasteiger partial charge in [0, 0.05) is 6.54 Å². The Morgan fingerprint density at radius 1 is 1.25 bits per heavy atom. The first-order chi connectivity index (χ1) is 9.22. The van der Waals surface area contributed by atoms with Crippen LogP contribution in [0, 0.1) is 5.92 Å². The molecule has 0 saturated heterocycles. The van der Waals surface area contributed by atoms with E-state index in [0.29, 0.717) is 19.4 Å². The van der Waals surface area contributed by atoms with E-state index in [9.17, 15) is 21.6 Å². The molecule has 0 heterocycles. The number of sulfone groups is 1. The Morgan fingerprint density at radius 3 is 2.40 bits per heavy atom. The smallest absolute Gasteiger partial charge is 0.393 e. The number of aliphatic hydroxyl groups is 1. The van der Waals surface area contributed by atoms with Crippen LogP contribution in [0.5, 0.6) is 0 Å². The average Bonchev–Trinajstić information content (AvgIpc) is 2.32. The number of para-hydroxylation sites is 1. The monoisotopic (exact) mass is 309 g/mol. The molecule has 0 spiro atoms. The van der Waals surface area contributed by atoms with Gasteiger partial charge in [0.25, 0.3) is 9.84 Å². The fourth-order valence-corrected chi connectivity index (χ4v) is 3.03. The van der Waals surface area contributed by atoms with Crippen molar-refractivity contribution in [2.24, 2.45) is 5.92 Å². The lowest BCUT2D eigenvalue weighted by Crippen LogP contribution is -2.33. The third-order valence-corrected chi connectivity index (χ3v) is 4.82. The van der Waals surface area contributed by atoms with Gasteiger partial charge in [-0.3, -0.25) is 0 Å². The molecule has 2 rings (SSSR count). The minimum Gasteiger partial charge on any atom is -0.393 e. The van der Waals surface area contributed by atoms with Gasteiger partial charge in [-0.1, -0.05) is 12.1 Å². The quantitative estimate of drug-likeness (QED) is 0.894. The highest BCUT2D eigenvalue weighted by molar-refractivity contribution is 7.92. The summed E-state index contributed by atoms with van der Waals surface area (Å²) < 4.78 is 60.6. The van der Waals surface area contributed by atoms with Gasteiger partial charge < -0.3 is 10.4 Å². The summed E-state index contributed by atoms with van der Waals surface area (Å²) >= 11 is 0. The Labute approximate surface area is 114 Å². The van der Waals surface area contributed by atoms with Crippen molar-refractivity contribution in [1.29, 1.82) is 0 Å². The van der Waals surface area contributed by atoms with Crippen LogP contribution < -0.4 is 5.32 Å². The summed E-state index contributed by atoms with van der Waals surface area (Å²) in [6.45, 7) is 0.335. The number of benzene rings is 1. The van der Waals surface area contributed by atoms with E-state index in [0.717, 1.165) is 6.07 Å². The number of halogens is 3.